The molecule has 1 fully saturated rings. The lowest BCUT2D eigenvalue weighted by Gasteiger charge is -2.35. The van der Waals surface area contributed by atoms with E-state index in [1.165, 1.54) is 0 Å². The fourth-order valence-corrected chi connectivity index (χ4v) is 1.96. The van der Waals surface area contributed by atoms with Crippen LogP contribution in [-0.2, 0) is 4.74 Å². The number of morpholine rings is 1. The number of rotatable bonds is 4. The molecule has 1 heterocycles. The first-order valence-electron chi connectivity index (χ1n) is 5.28. The highest BCUT2D eigenvalue weighted by molar-refractivity contribution is 5.76. The molecular weight excluding hydrogens is 178 g/mol. The van der Waals surface area contributed by atoms with E-state index in [2.05, 4.69) is 18.7 Å². The highest BCUT2D eigenvalue weighted by atomic mass is 16.5. The SMILES string of the molecule is C[C@@H]1CN(CCCC(=N)N)C[C@H](C)O1. The molecule has 0 aromatic heterocycles. The zero-order valence-electron chi connectivity index (χ0n) is 9.12. The molecule has 1 aliphatic rings. The van der Waals surface area contributed by atoms with E-state index in [1.54, 1.807) is 0 Å². The predicted octanol–water partition coefficient (Wildman–Crippen LogP) is 0.812. The molecule has 0 spiro atoms. The van der Waals surface area contributed by atoms with E-state index in [1.807, 2.05) is 0 Å². The number of nitrogens with one attached hydrogen (secondary N) is 1. The lowest BCUT2D eigenvalue weighted by molar-refractivity contribution is -0.0679. The van der Waals surface area contributed by atoms with Crippen molar-refractivity contribution >= 4 is 5.84 Å². The van der Waals surface area contributed by atoms with Gasteiger partial charge in [0.05, 0.1) is 18.0 Å². The molecule has 2 atom stereocenters. The van der Waals surface area contributed by atoms with Crippen LogP contribution in [0, 0.1) is 5.41 Å². The van der Waals surface area contributed by atoms with Crippen LogP contribution in [0.3, 0.4) is 0 Å². The van der Waals surface area contributed by atoms with Crippen LogP contribution in [0.5, 0.6) is 0 Å². The number of hydrogen-bond donors (Lipinski definition) is 2. The van der Waals surface area contributed by atoms with Gasteiger partial charge in [-0.05, 0) is 26.8 Å². The summed E-state index contributed by atoms with van der Waals surface area (Å²) in [6.45, 7) is 7.24. The normalized spacial score (nSPS) is 29.0. The van der Waals surface area contributed by atoms with Crippen molar-refractivity contribution in [1.82, 2.24) is 4.90 Å². The van der Waals surface area contributed by atoms with Gasteiger partial charge in [0.25, 0.3) is 0 Å². The Balaban J connectivity index is 2.20. The standard InChI is InChI=1S/C10H21N3O/c1-8-6-13(7-9(2)14-8)5-3-4-10(11)12/h8-9H,3-7H2,1-2H3,(H3,11,12)/t8-,9+. The second-order valence-corrected chi connectivity index (χ2v) is 4.15. The third kappa shape index (κ3) is 4.07. The molecule has 0 aromatic carbocycles. The molecule has 0 amide bonds. The van der Waals surface area contributed by atoms with E-state index in [0.29, 0.717) is 24.5 Å². The van der Waals surface area contributed by atoms with Gasteiger partial charge in [0.1, 0.15) is 0 Å². The summed E-state index contributed by atoms with van der Waals surface area (Å²) < 4.78 is 5.64. The molecule has 82 valence electrons. The van der Waals surface area contributed by atoms with Crippen molar-refractivity contribution in [2.24, 2.45) is 5.73 Å². The Morgan fingerprint density at radius 2 is 2.00 bits per heavy atom. The van der Waals surface area contributed by atoms with Gasteiger partial charge in [-0.2, -0.15) is 0 Å². The monoisotopic (exact) mass is 199 g/mol. The zero-order chi connectivity index (χ0) is 10.6. The summed E-state index contributed by atoms with van der Waals surface area (Å²) in [5, 5.41) is 7.13. The summed E-state index contributed by atoms with van der Waals surface area (Å²) in [4.78, 5) is 2.39. The fourth-order valence-electron chi connectivity index (χ4n) is 1.96. The molecule has 0 unspecified atom stereocenters. The van der Waals surface area contributed by atoms with Gasteiger partial charge in [-0.15, -0.1) is 0 Å². The molecule has 0 saturated carbocycles. The maximum atomic E-state index is 7.13. The van der Waals surface area contributed by atoms with Crippen LogP contribution >= 0.6 is 0 Å². The van der Waals surface area contributed by atoms with Crippen LogP contribution in [-0.4, -0.2) is 42.6 Å². The second kappa shape index (κ2) is 5.32. The van der Waals surface area contributed by atoms with Gasteiger partial charge >= 0.3 is 0 Å². The summed E-state index contributed by atoms with van der Waals surface area (Å²) in [6, 6.07) is 0. The largest absolute Gasteiger partial charge is 0.388 e. The number of nitrogens with zero attached hydrogens (tertiary/aromatic N) is 1. The molecular formula is C10H21N3O. The molecule has 1 aliphatic heterocycles. The second-order valence-electron chi connectivity index (χ2n) is 4.15. The van der Waals surface area contributed by atoms with Gasteiger partial charge in [0.15, 0.2) is 0 Å². The minimum absolute atomic E-state index is 0.291. The molecule has 0 aromatic rings. The van der Waals surface area contributed by atoms with Gasteiger partial charge in [0.2, 0.25) is 0 Å². The highest BCUT2D eigenvalue weighted by Crippen LogP contribution is 2.10. The van der Waals surface area contributed by atoms with Crippen LogP contribution in [0.2, 0.25) is 0 Å². The molecule has 14 heavy (non-hydrogen) atoms. The first-order chi connectivity index (χ1) is 6.58. The van der Waals surface area contributed by atoms with Crippen LogP contribution in [0.1, 0.15) is 26.7 Å². The van der Waals surface area contributed by atoms with Crippen molar-refractivity contribution < 1.29 is 4.74 Å². The summed E-state index contributed by atoms with van der Waals surface area (Å²) in [7, 11) is 0. The zero-order valence-corrected chi connectivity index (χ0v) is 9.12. The van der Waals surface area contributed by atoms with Gasteiger partial charge in [-0.25, -0.2) is 0 Å². The van der Waals surface area contributed by atoms with Gasteiger partial charge in [-0.1, -0.05) is 0 Å². The van der Waals surface area contributed by atoms with E-state index >= 15 is 0 Å². The van der Waals surface area contributed by atoms with Crippen LogP contribution in [0.25, 0.3) is 0 Å². The maximum absolute atomic E-state index is 7.13. The van der Waals surface area contributed by atoms with Crippen LogP contribution < -0.4 is 5.73 Å². The van der Waals surface area contributed by atoms with E-state index < -0.39 is 0 Å². The lowest BCUT2D eigenvalue weighted by Crippen LogP contribution is -2.45. The van der Waals surface area contributed by atoms with Crippen molar-refractivity contribution in [2.45, 2.75) is 38.9 Å². The molecule has 0 bridgehead atoms. The quantitative estimate of drug-likeness (QED) is 0.520. The van der Waals surface area contributed by atoms with E-state index in [0.717, 1.165) is 26.1 Å². The van der Waals surface area contributed by atoms with Crippen molar-refractivity contribution in [2.75, 3.05) is 19.6 Å². The van der Waals surface area contributed by atoms with Crippen molar-refractivity contribution in [3.8, 4) is 0 Å². The first kappa shape index (κ1) is 11.5. The van der Waals surface area contributed by atoms with Crippen LogP contribution in [0.4, 0.5) is 0 Å². The van der Waals surface area contributed by atoms with Crippen LogP contribution in [0.15, 0.2) is 0 Å². The summed E-state index contributed by atoms with van der Waals surface area (Å²) in [5.74, 6) is 0.291. The summed E-state index contributed by atoms with van der Waals surface area (Å²) in [5.41, 5.74) is 5.30. The van der Waals surface area contributed by atoms with Gasteiger partial charge in [-0.3, -0.25) is 10.3 Å². The van der Waals surface area contributed by atoms with E-state index in [4.69, 9.17) is 15.9 Å². The molecule has 0 radical (unpaired) electrons. The Morgan fingerprint density at radius 1 is 1.43 bits per heavy atom. The summed E-state index contributed by atoms with van der Waals surface area (Å²) in [6.07, 6.45) is 2.35. The lowest BCUT2D eigenvalue weighted by atomic mass is 10.2. The van der Waals surface area contributed by atoms with Crippen molar-refractivity contribution in [3.05, 3.63) is 0 Å². The Morgan fingerprint density at radius 3 is 2.50 bits per heavy atom. The van der Waals surface area contributed by atoms with Crippen molar-refractivity contribution in [3.63, 3.8) is 0 Å². The minimum Gasteiger partial charge on any atom is -0.388 e. The topological polar surface area (TPSA) is 62.3 Å². The molecule has 1 saturated heterocycles. The van der Waals surface area contributed by atoms with Gasteiger partial charge < -0.3 is 10.5 Å². The third-order valence-electron chi connectivity index (χ3n) is 2.42. The first-order valence-corrected chi connectivity index (χ1v) is 5.28. The average molecular weight is 199 g/mol. The Labute approximate surface area is 85.9 Å². The van der Waals surface area contributed by atoms with Gasteiger partial charge in [0, 0.05) is 19.5 Å². The van der Waals surface area contributed by atoms with E-state index in [-0.39, 0.29) is 0 Å². The average Bonchev–Trinajstić information content (AvgIpc) is 2.01. The molecule has 0 aliphatic carbocycles. The van der Waals surface area contributed by atoms with E-state index in [9.17, 15) is 0 Å². The molecule has 1 rings (SSSR count). The summed E-state index contributed by atoms with van der Waals surface area (Å²) >= 11 is 0. The minimum atomic E-state index is 0.291. The number of nitrogens with two attached hydrogens (primary N) is 1. The number of amidine groups is 1. The number of ether oxygens (including phenoxy) is 1. The Hall–Kier alpha value is -0.610. The maximum Gasteiger partial charge on any atom is 0.0905 e. The Kier molecular flexibility index (Phi) is 4.35. The highest BCUT2D eigenvalue weighted by Gasteiger charge is 2.21. The molecule has 3 N–H and O–H groups in total. The smallest absolute Gasteiger partial charge is 0.0905 e. The predicted molar refractivity (Wildman–Crippen MR) is 57.6 cm³/mol. The molecule has 4 heteroatoms. The van der Waals surface area contributed by atoms with Crippen molar-refractivity contribution in [1.29, 1.82) is 5.41 Å². The molecule has 4 nitrogen and oxygen atoms in total. The Bertz CT molecular complexity index is 186. The number of hydrogen-bond acceptors (Lipinski definition) is 3. The third-order valence-corrected chi connectivity index (χ3v) is 2.42. The fraction of sp³-hybridized carbons (Fsp3) is 0.900.